The molecule has 3 heterocycles. The second kappa shape index (κ2) is 8.36. The van der Waals surface area contributed by atoms with Crippen molar-refractivity contribution in [2.24, 2.45) is 0 Å². The maximum atomic E-state index is 13.4. The van der Waals surface area contributed by atoms with Gasteiger partial charge in [0.1, 0.15) is 10.6 Å². The van der Waals surface area contributed by atoms with Gasteiger partial charge < -0.3 is 0 Å². The Bertz CT molecular complexity index is 1890. The number of hydrogen-bond acceptors (Lipinski definition) is 3. The van der Waals surface area contributed by atoms with Crippen LogP contribution in [-0.4, -0.2) is 9.97 Å². The van der Waals surface area contributed by atoms with Crippen LogP contribution in [0.2, 0.25) is 0 Å². The van der Waals surface area contributed by atoms with E-state index in [0.717, 1.165) is 43.7 Å². The van der Waals surface area contributed by atoms with E-state index in [1.807, 2.05) is 30.6 Å². The van der Waals surface area contributed by atoms with Crippen LogP contribution in [0.25, 0.3) is 64.6 Å². The number of aromatic nitrogens is 2. The number of thiophene rings is 1. The number of nitrogens with zero attached hydrogens (tertiary/aromatic N) is 2. The summed E-state index contributed by atoms with van der Waals surface area (Å²) >= 11 is 1.71. The van der Waals surface area contributed by atoms with Crippen molar-refractivity contribution in [2.75, 3.05) is 0 Å². The van der Waals surface area contributed by atoms with Crippen molar-refractivity contribution in [2.45, 2.75) is 0 Å². The molecule has 0 atom stereocenters. The Hall–Kier alpha value is -4.41. The predicted molar refractivity (Wildman–Crippen MR) is 149 cm³/mol. The normalized spacial score (nSPS) is 11.5. The van der Waals surface area contributed by atoms with E-state index in [-0.39, 0.29) is 5.82 Å². The first-order valence-electron chi connectivity index (χ1n) is 11.8. The van der Waals surface area contributed by atoms with Crippen LogP contribution in [0.5, 0.6) is 0 Å². The van der Waals surface area contributed by atoms with Gasteiger partial charge >= 0.3 is 0 Å². The van der Waals surface area contributed by atoms with Crippen LogP contribution in [0.3, 0.4) is 0 Å². The Morgan fingerprint density at radius 1 is 0.583 bits per heavy atom. The molecule has 170 valence electrons. The van der Waals surface area contributed by atoms with Crippen LogP contribution < -0.4 is 0 Å². The van der Waals surface area contributed by atoms with Gasteiger partial charge in [0.25, 0.3) is 0 Å². The second-order valence-electron chi connectivity index (χ2n) is 8.86. The van der Waals surface area contributed by atoms with Crippen LogP contribution in [-0.2, 0) is 0 Å². The molecule has 7 aromatic rings. The quantitative estimate of drug-likeness (QED) is 0.251. The summed E-state index contributed by atoms with van der Waals surface area (Å²) in [7, 11) is 0. The van der Waals surface area contributed by atoms with E-state index in [4.69, 9.17) is 4.98 Å². The zero-order chi connectivity index (χ0) is 24.1. The average molecular weight is 483 g/mol. The van der Waals surface area contributed by atoms with Crippen LogP contribution >= 0.6 is 11.3 Å². The highest BCUT2D eigenvalue weighted by Crippen LogP contribution is 2.38. The Labute approximate surface area is 211 Å². The number of rotatable bonds is 3. The lowest BCUT2D eigenvalue weighted by Gasteiger charge is -2.08. The molecule has 0 unspecified atom stereocenters. The highest BCUT2D eigenvalue weighted by molar-refractivity contribution is 7.26. The minimum Gasteiger partial charge on any atom is -0.256 e. The summed E-state index contributed by atoms with van der Waals surface area (Å²) < 4.78 is 14.6. The van der Waals surface area contributed by atoms with Gasteiger partial charge in [-0.15, -0.1) is 11.3 Å². The zero-order valence-electron chi connectivity index (χ0n) is 19.2. The fraction of sp³-hybridized carbons (Fsp3) is 0. The molecule has 0 radical (unpaired) electrons. The number of halogens is 1. The topological polar surface area (TPSA) is 25.8 Å². The Morgan fingerprint density at radius 3 is 2.08 bits per heavy atom. The molecule has 4 heteroatoms. The molecule has 0 spiro atoms. The molecular formula is C32H19FN2S. The first-order valence-corrected chi connectivity index (χ1v) is 12.6. The summed E-state index contributed by atoms with van der Waals surface area (Å²) in [6.45, 7) is 0. The van der Waals surface area contributed by atoms with Crippen LogP contribution in [0.4, 0.5) is 4.39 Å². The minimum atomic E-state index is -0.224. The van der Waals surface area contributed by atoms with Crippen molar-refractivity contribution in [1.82, 2.24) is 9.97 Å². The van der Waals surface area contributed by atoms with Gasteiger partial charge in [-0.1, -0.05) is 60.7 Å². The first-order chi connectivity index (χ1) is 17.7. The summed E-state index contributed by atoms with van der Waals surface area (Å²) in [5.74, 6) is -0.224. The first kappa shape index (κ1) is 20.9. The van der Waals surface area contributed by atoms with Crippen molar-refractivity contribution in [3.05, 3.63) is 121 Å². The van der Waals surface area contributed by atoms with Crippen LogP contribution in [0.15, 0.2) is 116 Å². The highest BCUT2D eigenvalue weighted by Gasteiger charge is 2.12. The number of benzene rings is 4. The van der Waals surface area contributed by atoms with Crippen LogP contribution in [0.1, 0.15) is 0 Å². The van der Waals surface area contributed by atoms with E-state index in [0.29, 0.717) is 0 Å². The Morgan fingerprint density at radius 2 is 1.31 bits per heavy atom. The molecule has 0 aliphatic rings. The lowest BCUT2D eigenvalue weighted by atomic mass is 9.98. The molecule has 0 fully saturated rings. The molecule has 0 amide bonds. The summed E-state index contributed by atoms with van der Waals surface area (Å²) in [5.41, 5.74) is 6.33. The molecule has 0 N–H and O–H groups in total. The maximum Gasteiger partial charge on any atom is 0.124 e. The molecule has 0 bridgehead atoms. The van der Waals surface area contributed by atoms with Gasteiger partial charge in [-0.05, 0) is 69.9 Å². The van der Waals surface area contributed by atoms with Crippen molar-refractivity contribution in [3.8, 4) is 33.5 Å². The monoisotopic (exact) mass is 482 g/mol. The largest absolute Gasteiger partial charge is 0.256 e. The van der Waals surface area contributed by atoms with Crippen molar-refractivity contribution < 1.29 is 4.39 Å². The lowest BCUT2D eigenvalue weighted by Crippen LogP contribution is -1.86. The summed E-state index contributed by atoms with van der Waals surface area (Å²) in [6.07, 6.45) is 3.79. The highest BCUT2D eigenvalue weighted by atomic mass is 32.1. The number of fused-ring (bicyclic) bond motifs is 4. The molecule has 3 aromatic heterocycles. The summed E-state index contributed by atoms with van der Waals surface area (Å²) in [4.78, 5) is 10.4. The van der Waals surface area contributed by atoms with Gasteiger partial charge in [0.2, 0.25) is 0 Å². The van der Waals surface area contributed by atoms with E-state index in [1.165, 1.54) is 33.0 Å². The molecule has 2 nitrogen and oxygen atoms in total. The molecule has 0 aliphatic carbocycles. The van der Waals surface area contributed by atoms with Crippen LogP contribution in [0, 0.1) is 5.82 Å². The van der Waals surface area contributed by atoms with Crippen molar-refractivity contribution >= 4 is 42.4 Å². The average Bonchev–Trinajstić information content (AvgIpc) is 3.32. The molecular weight excluding hydrogens is 463 g/mol. The van der Waals surface area contributed by atoms with Crippen molar-refractivity contribution in [3.63, 3.8) is 0 Å². The molecule has 0 saturated heterocycles. The standard InChI is InChI=1S/C32H19FN2S/c33-26-13-10-20(11-14-26)22-8-6-21-7-9-23(18-25(21)17-22)24-12-15-30(35-19-24)29-4-1-3-27-28-5-2-16-34-32(28)36-31(27)29/h1-19H. The van der Waals surface area contributed by atoms with Gasteiger partial charge in [0, 0.05) is 39.0 Å². The van der Waals surface area contributed by atoms with Gasteiger partial charge in [-0.25, -0.2) is 9.37 Å². The Kier molecular flexibility index (Phi) is 4.86. The number of hydrogen-bond donors (Lipinski definition) is 0. The fourth-order valence-electron chi connectivity index (χ4n) is 4.81. The second-order valence-corrected chi connectivity index (χ2v) is 9.86. The molecule has 7 rings (SSSR count). The smallest absolute Gasteiger partial charge is 0.124 e. The predicted octanol–water partition coefficient (Wildman–Crippen LogP) is 9.14. The summed E-state index contributed by atoms with van der Waals surface area (Å²) in [6, 6.07) is 34.2. The molecule has 0 saturated carbocycles. The number of pyridine rings is 2. The summed E-state index contributed by atoms with van der Waals surface area (Å²) in [5, 5.41) is 4.71. The third kappa shape index (κ3) is 3.55. The Balaban J connectivity index is 1.26. The fourth-order valence-corrected chi connectivity index (χ4v) is 5.97. The third-order valence-electron chi connectivity index (χ3n) is 6.67. The zero-order valence-corrected chi connectivity index (χ0v) is 20.0. The minimum absolute atomic E-state index is 0.224. The van der Waals surface area contributed by atoms with E-state index in [9.17, 15) is 4.39 Å². The lowest BCUT2D eigenvalue weighted by molar-refractivity contribution is 0.628. The van der Waals surface area contributed by atoms with E-state index < -0.39 is 0 Å². The molecule has 36 heavy (non-hydrogen) atoms. The van der Waals surface area contributed by atoms with Gasteiger partial charge in [-0.3, -0.25) is 4.98 Å². The van der Waals surface area contributed by atoms with Crippen molar-refractivity contribution in [1.29, 1.82) is 0 Å². The molecule has 0 aliphatic heterocycles. The SMILES string of the molecule is Fc1ccc(-c2ccc3ccc(-c4ccc(-c5cccc6c5sc5ncccc56)nc4)cc3c2)cc1. The van der Waals surface area contributed by atoms with E-state index in [2.05, 4.69) is 77.8 Å². The van der Waals surface area contributed by atoms with Gasteiger partial charge in [0.15, 0.2) is 0 Å². The maximum absolute atomic E-state index is 13.4. The van der Waals surface area contributed by atoms with E-state index >= 15 is 0 Å². The third-order valence-corrected chi connectivity index (χ3v) is 7.83. The van der Waals surface area contributed by atoms with Gasteiger partial charge in [0.05, 0.1) is 5.69 Å². The van der Waals surface area contributed by atoms with E-state index in [1.54, 1.807) is 11.3 Å². The van der Waals surface area contributed by atoms with Gasteiger partial charge in [-0.2, -0.15) is 0 Å². The molecule has 4 aromatic carbocycles.